The molecule has 0 spiro atoms. The van der Waals surface area contributed by atoms with E-state index in [2.05, 4.69) is 31.0 Å². The lowest BCUT2D eigenvalue weighted by Crippen LogP contribution is -2.52. The molecule has 0 bridgehead atoms. The Bertz CT molecular complexity index is 185. The fourth-order valence-electron chi connectivity index (χ4n) is 2.55. The summed E-state index contributed by atoms with van der Waals surface area (Å²) in [5.74, 6) is 0. The van der Waals surface area contributed by atoms with E-state index in [1.807, 2.05) is 0 Å². The molecule has 17 heavy (non-hydrogen) atoms. The van der Waals surface area contributed by atoms with Gasteiger partial charge in [-0.2, -0.15) is 0 Å². The van der Waals surface area contributed by atoms with Gasteiger partial charge in [-0.3, -0.25) is 4.90 Å². The summed E-state index contributed by atoms with van der Waals surface area (Å²) in [6.07, 6.45) is 5.29. The van der Waals surface area contributed by atoms with Crippen molar-refractivity contribution in [2.75, 3.05) is 32.8 Å². The third-order valence-electron chi connectivity index (χ3n) is 3.42. The Kier molecular flexibility index (Phi) is 7.82. The second-order valence-corrected chi connectivity index (χ2v) is 5.06. The summed E-state index contributed by atoms with van der Waals surface area (Å²) < 4.78 is 5.96. The first-order valence-corrected chi connectivity index (χ1v) is 7.39. The van der Waals surface area contributed by atoms with Crippen molar-refractivity contribution in [1.82, 2.24) is 10.2 Å². The molecule has 0 radical (unpaired) electrons. The summed E-state index contributed by atoms with van der Waals surface area (Å²) in [6, 6.07) is 0.541. The van der Waals surface area contributed by atoms with Gasteiger partial charge in [0.05, 0.1) is 12.7 Å². The van der Waals surface area contributed by atoms with E-state index in [-0.39, 0.29) is 0 Å². The second kappa shape index (κ2) is 8.90. The molecular formula is C14H30N2O. The maximum absolute atomic E-state index is 5.96. The molecule has 0 aromatic rings. The van der Waals surface area contributed by atoms with Crippen LogP contribution in [0.4, 0.5) is 0 Å². The van der Waals surface area contributed by atoms with Crippen LogP contribution >= 0.6 is 0 Å². The zero-order chi connectivity index (χ0) is 12.5. The summed E-state index contributed by atoms with van der Waals surface area (Å²) in [5.41, 5.74) is 0. The first kappa shape index (κ1) is 14.9. The van der Waals surface area contributed by atoms with Gasteiger partial charge in [0.1, 0.15) is 0 Å². The van der Waals surface area contributed by atoms with Gasteiger partial charge in [-0.15, -0.1) is 0 Å². The summed E-state index contributed by atoms with van der Waals surface area (Å²) in [6.45, 7) is 12.2. The van der Waals surface area contributed by atoms with Crippen molar-refractivity contribution >= 4 is 0 Å². The number of nitrogens with one attached hydrogen (secondary N) is 1. The summed E-state index contributed by atoms with van der Waals surface area (Å²) in [7, 11) is 0. The molecule has 1 rings (SSSR count). The molecule has 1 aliphatic rings. The van der Waals surface area contributed by atoms with Gasteiger partial charge < -0.3 is 10.1 Å². The van der Waals surface area contributed by atoms with Crippen molar-refractivity contribution in [3.8, 4) is 0 Å². The average Bonchev–Trinajstić information content (AvgIpc) is 2.35. The van der Waals surface area contributed by atoms with Gasteiger partial charge in [-0.1, -0.05) is 27.2 Å². The summed E-state index contributed by atoms with van der Waals surface area (Å²) >= 11 is 0. The number of morpholine rings is 1. The highest BCUT2D eigenvalue weighted by molar-refractivity contribution is 4.82. The monoisotopic (exact) mass is 242 g/mol. The molecule has 3 heteroatoms. The molecule has 1 heterocycles. The van der Waals surface area contributed by atoms with Gasteiger partial charge in [-0.25, -0.2) is 0 Å². The van der Waals surface area contributed by atoms with Crippen LogP contribution in [0.15, 0.2) is 0 Å². The van der Waals surface area contributed by atoms with E-state index in [4.69, 9.17) is 4.74 Å². The molecule has 3 nitrogen and oxygen atoms in total. The highest BCUT2D eigenvalue weighted by Gasteiger charge is 2.26. The first-order chi connectivity index (χ1) is 8.31. The van der Waals surface area contributed by atoms with E-state index >= 15 is 0 Å². The molecular weight excluding hydrogens is 212 g/mol. The van der Waals surface area contributed by atoms with Crippen LogP contribution in [-0.2, 0) is 4.74 Å². The van der Waals surface area contributed by atoms with E-state index in [1.165, 1.54) is 32.2 Å². The van der Waals surface area contributed by atoms with Gasteiger partial charge >= 0.3 is 0 Å². The minimum Gasteiger partial charge on any atom is -0.374 e. The minimum absolute atomic E-state index is 0.391. The van der Waals surface area contributed by atoms with Crippen LogP contribution in [-0.4, -0.2) is 49.8 Å². The summed E-state index contributed by atoms with van der Waals surface area (Å²) in [4.78, 5) is 2.55. The molecule has 0 amide bonds. The van der Waals surface area contributed by atoms with Crippen LogP contribution in [0.3, 0.4) is 0 Å². The molecule has 1 aliphatic heterocycles. The first-order valence-electron chi connectivity index (χ1n) is 7.39. The normalized spacial score (nSPS) is 23.8. The van der Waals surface area contributed by atoms with E-state index in [9.17, 15) is 0 Å². The Labute approximate surface area is 107 Å². The van der Waals surface area contributed by atoms with Crippen molar-refractivity contribution in [1.29, 1.82) is 0 Å². The second-order valence-electron chi connectivity index (χ2n) is 5.06. The molecule has 1 N–H and O–H groups in total. The molecule has 2 atom stereocenters. The SMILES string of the molecule is CCCNC(CCC)C1CN(CCC)CCO1. The Morgan fingerprint density at radius 3 is 2.71 bits per heavy atom. The van der Waals surface area contributed by atoms with Crippen molar-refractivity contribution < 1.29 is 4.74 Å². The maximum Gasteiger partial charge on any atom is 0.0855 e. The highest BCUT2D eigenvalue weighted by atomic mass is 16.5. The number of ether oxygens (including phenoxy) is 1. The molecule has 0 aliphatic carbocycles. The Hall–Kier alpha value is -0.120. The van der Waals surface area contributed by atoms with Crippen LogP contribution < -0.4 is 5.32 Å². The van der Waals surface area contributed by atoms with E-state index in [0.29, 0.717) is 12.1 Å². The molecule has 1 saturated heterocycles. The van der Waals surface area contributed by atoms with E-state index in [0.717, 1.165) is 26.2 Å². The number of hydrogen-bond donors (Lipinski definition) is 1. The Balaban J connectivity index is 2.41. The lowest BCUT2D eigenvalue weighted by Gasteiger charge is -2.37. The average molecular weight is 242 g/mol. The van der Waals surface area contributed by atoms with Crippen LogP contribution in [0.1, 0.15) is 46.5 Å². The van der Waals surface area contributed by atoms with E-state index in [1.54, 1.807) is 0 Å². The van der Waals surface area contributed by atoms with Gasteiger partial charge in [0, 0.05) is 19.1 Å². The zero-order valence-corrected chi connectivity index (χ0v) is 11.9. The fraction of sp³-hybridized carbons (Fsp3) is 1.00. The predicted octanol–water partition coefficient (Wildman–Crippen LogP) is 2.27. The van der Waals surface area contributed by atoms with Crippen LogP contribution in [0, 0.1) is 0 Å². The van der Waals surface area contributed by atoms with Gasteiger partial charge in [0.25, 0.3) is 0 Å². The zero-order valence-electron chi connectivity index (χ0n) is 11.9. The van der Waals surface area contributed by atoms with Crippen molar-refractivity contribution in [2.24, 2.45) is 0 Å². The highest BCUT2D eigenvalue weighted by Crippen LogP contribution is 2.13. The number of hydrogen-bond acceptors (Lipinski definition) is 3. The summed E-state index contributed by atoms with van der Waals surface area (Å²) in [5, 5.41) is 3.65. The van der Waals surface area contributed by atoms with Crippen LogP contribution in [0.2, 0.25) is 0 Å². The molecule has 102 valence electrons. The van der Waals surface area contributed by atoms with Crippen LogP contribution in [0.5, 0.6) is 0 Å². The molecule has 0 aromatic carbocycles. The minimum atomic E-state index is 0.391. The number of nitrogens with zero attached hydrogens (tertiary/aromatic N) is 1. The smallest absolute Gasteiger partial charge is 0.0855 e. The standard InChI is InChI=1S/C14H30N2O/c1-4-7-13(15-8-5-2)14-12-16(9-6-3)10-11-17-14/h13-15H,4-12H2,1-3H3. The lowest BCUT2D eigenvalue weighted by atomic mass is 10.0. The topological polar surface area (TPSA) is 24.5 Å². The molecule has 2 unspecified atom stereocenters. The van der Waals surface area contributed by atoms with Crippen LogP contribution in [0.25, 0.3) is 0 Å². The Morgan fingerprint density at radius 2 is 2.06 bits per heavy atom. The molecule has 0 aromatic heterocycles. The predicted molar refractivity (Wildman–Crippen MR) is 73.5 cm³/mol. The van der Waals surface area contributed by atoms with Crippen molar-refractivity contribution in [2.45, 2.75) is 58.6 Å². The van der Waals surface area contributed by atoms with E-state index < -0.39 is 0 Å². The largest absolute Gasteiger partial charge is 0.374 e. The van der Waals surface area contributed by atoms with Gasteiger partial charge in [-0.05, 0) is 32.4 Å². The lowest BCUT2D eigenvalue weighted by molar-refractivity contribution is -0.0476. The Morgan fingerprint density at radius 1 is 1.24 bits per heavy atom. The third-order valence-corrected chi connectivity index (χ3v) is 3.42. The van der Waals surface area contributed by atoms with Crippen molar-refractivity contribution in [3.05, 3.63) is 0 Å². The van der Waals surface area contributed by atoms with Gasteiger partial charge in [0.15, 0.2) is 0 Å². The quantitative estimate of drug-likeness (QED) is 0.706. The number of rotatable bonds is 8. The van der Waals surface area contributed by atoms with Gasteiger partial charge in [0.2, 0.25) is 0 Å². The van der Waals surface area contributed by atoms with Crippen molar-refractivity contribution in [3.63, 3.8) is 0 Å². The maximum atomic E-state index is 5.96. The third kappa shape index (κ3) is 5.36. The molecule has 0 saturated carbocycles. The molecule has 1 fully saturated rings. The fourth-order valence-corrected chi connectivity index (χ4v) is 2.55.